The van der Waals surface area contributed by atoms with Crippen LogP contribution in [0.15, 0.2) is 21.5 Å². The van der Waals surface area contributed by atoms with Gasteiger partial charge in [-0.05, 0) is 19.3 Å². The zero-order valence-corrected chi connectivity index (χ0v) is 13.2. The third kappa shape index (κ3) is 5.67. The van der Waals surface area contributed by atoms with Crippen LogP contribution in [-0.4, -0.2) is 22.1 Å². The summed E-state index contributed by atoms with van der Waals surface area (Å²) in [4.78, 5) is 22.7. The number of esters is 1. The number of carbonyl (C=O) groups is 1. The molecule has 1 aliphatic rings. The summed E-state index contributed by atoms with van der Waals surface area (Å²) in [6.45, 7) is -0.0799. The third-order valence-electron chi connectivity index (χ3n) is 3.13. The van der Waals surface area contributed by atoms with Crippen molar-refractivity contribution in [2.75, 3.05) is 5.75 Å². The molecule has 5 nitrogen and oxygen atoms in total. The van der Waals surface area contributed by atoms with E-state index >= 15 is 0 Å². The predicted octanol–water partition coefficient (Wildman–Crippen LogP) is 3.10. The average molecular weight is 330 g/mol. The molecule has 0 aliphatic carbocycles. The van der Waals surface area contributed by atoms with Crippen molar-refractivity contribution in [2.45, 2.75) is 44.0 Å². The Morgan fingerprint density at radius 2 is 2.33 bits per heavy atom. The Morgan fingerprint density at radius 1 is 1.48 bits per heavy atom. The lowest BCUT2D eigenvalue weighted by molar-refractivity contribution is -0.145. The van der Waals surface area contributed by atoms with Gasteiger partial charge in [-0.3, -0.25) is 9.59 Å². The molecule has 1 aromatic rings. The molecular formula is C14H18O5S2. The van der Waals surface area contributed by atoms with Crippen molar-refractivity contribution in [3.63, 3.8) is 0 Å². The van der Waals surface area contributed by atoms with Crippen LogP contribution >= 0.6 is 21.6 Å². The fourth-order valence-corrected chi connectivity index (χ4v) is 4.98. The number of unbranched alkanes of at least 4 members (excludes halogenated alkanes) is 1. The molecule has 1 saturated heterocycles. The minimum Gasteiger partial charge on any atom is -0.502 e. The van der Waals surface area contributed by atoms with Crippen LogP contribution in [0.2, 0.25) is 0 Å². The van der Waals surface area contributed by atoms with Gasteiger partial charge >= 0.3 is 5.97 Å². The lowest BCUT2D eigenvalue weighted by Crippen LogP contribution is -2.07. The van der Waals surface area contributed by atoms with Gasteiger partial charge in [-0.2, -0.15) is 0 Å². The molecular weight excluding hydrogens is 312 g/mol. The Bertz CT molecular complexity index is 522. The van der Waals surface area contributed by atoms with Gasteiger partial charge < -0.3 is 14.3 Å². The van der Waals surface area contributed by atoms with Crippen molar-refractivity contribution in [3.8, 4) is 5.75 Å². The zero-order chi connectivity index (χ0) is 15.1. The van der Waals surface area contributed by atoms with Crippen LogP contribution in [0, 0.1) is 0 Å². The number of carbonyl (C=O) groups excluding carboxylic acids is 1. The van der Waals surface area contributed by atoms with Crippen molar-refractivity contribution in [1.82, 2.24) is 0 Å². The van der Waals surface area contributed by atoms with Gasteiger partial charge in [-0.25, -0.2) is 0 Å². The van der Waals surface area contributed by atoms with Gasteiger partial charge in [0.1, 0.15) is 18.6 Å². The van der Waals surface area contributed by atoms with E-state index in [0.29, 0.717) is 6.42 Å². The second-order valence-corrected chi connectivity index (χ2v) is 7.62. The van der Waals surface area contributed by atoms with E-state index in [-0.39, 0.29) is 18.3 Å². The smallest absolute Gasteiger partial charge is 0.306 e. The Balaban J connectivity index is 1.60. The SMILES string of the molecule is O=C(CCCCC1CCSS1)OCc1cc(=O)c(O)co1. The minimum absolute atomic E-state index is 0.0799. The van der Waals surface area contributed by atoms with E-state index in [1.54, 1.807) is 0 Å². The first-order valence-electron chi connectivity index (χ1n) is 6.90. The van der Waals surface area contributed by atoms with Gasteiger partial charge in [-0.1, -0.05) is 28.0 Å². The molecule has 1 aliphatic heterocycles. The van der Waals surface area contributed by atoms with Crippen LogP contribution < -0.4 is 5.43 Å². The van der Waals surface area contributed by atoms with Crippen LogP contribution in [0.1, 0.15) is 37.9 Å². The van der Waals surface area contributed by atoms with Crippen LogP contribution in [0.25, 0.3) is 0 Å². The highest BCUT2D eigenvalue weighted by Gasteiger charge is 2.16. The molecule has 0 amide bonds. The molecule has 0 saturated carbocycles. The summed E-state index contributed by atoms with van der Waals surface area (Å²) in [6, 6.07) is 1.12. The fourth-order valence-electron chi connectivity index (χ4n) is 1.95. The molecule has 1 atom stereocenters. The minimum atomic E-state index is -0.542. The second-order valence-electron chi connectivity index (χ2n) is 4.83. The quantitative estimate of drug-likeness (QED) is 0.467. The topological polar surface area (TPSA) is 76.7 Å². The van der Waals surface area contributed by atoms with Crippen molar-refractivity contribution >= 4 is 27.6 Å². The van der Waals surface area contributed by atoms with Gasteiger partial charge in [-0.15, -0.1) is 0 Å². The summed E-state index contributed by atoms with van der Waals surface area (Å²) < 4.78 is 9.98. The molecule has 1 aromatic heterocycles. The Kier molecular flexibility index (Phi) is 6.50. The summed E-state index contributed by atoms with van der Waals surface area (Å²) in [5.74, 6) is 0.715. The molecule has 21 heavy (non-hydrogen) atoms. The van der Waals surface area contributed by atoms with Gasteiger partial charge in [0.15, 0.2) is 5.75 Å². The summed E-state index contributed by atoms with van der Waals surface area (Å²) in [5, 5.41) is 9.77. The number of hydrogen-bond donors (Lipinski definition) is 1. The molecule has 1 N–H and O–H groups in total. The van der Waals surface area contributed by atoms with Crippen LogP contribution in [0.3, 0.4) is 0 Å². The molecule has 0 radical (unpaired) electrons. The van der Waals surface area contributed by atoms with Gasteiger partial charge in [0.05, 0.1) is 0 Å². The lowest BCUT2D eigenvalue weighted by atomic mass is 10.1. The van der Waals surface area contributed by atoms with E-state index in [4.69, 9.17) is 14.3 Å². The maximum absolute atomic E-state index is 11.6. The average Bonchev–Trinajstić information content (AvgIpc) is 2.98. The monoisotopic (exact) mass is 330 g/mol. The lowest BCUT2D eigenvalue weighted by Gasteiger charge is -2.07. The van der Waals surface area contributed by atoms with Gasteiger partial charge in [0.25, 0.3) is 0 Å². The normalized spacial score (nSPS) is 17.8. The van der Waals surface area contributed by atoms with Crippen LogP contribution in [0.4, 0.5) is 0 Å². The molecule has 0 aromatic carbocycles. The largest absolute Gasteiger partial charge is 0.502 e. The van der Waals surface area contributed by atoms with E-state index in [2.05, 4.69) is 0 Å². The van der Waals surface area contributed by atoms with Crippen molar-refractivity contribution in [2.24, 2.45) is 0 Å². The number of hydrogen-bond acceptors (Lipinski definition) is 7. The molecule has 2 rings (SSSR count). The van der Waals surface area contributed by atoms with Crippen LogP contribution in [-0.2, 0) is 16.1 Å². The standard InChI is InChI=1S/C14H18O5S2/c15-12-7-10(18-9-13(12)16)8-19-14(17)4-2-1-3-11-5-6-20-21-11/h7,9,11,16H,1-6,8H2. The van der Waals surface area contributed by atoms with Gasteiger partial charge in [0.2, 0.25) is 5.43 Å². The first-order valence-corrected chi connectivity index (χ1v) is 9.28. The Labute approximate surface area is 130 Å². The van der Waals surface area contributed by atoms with Gasteiger partial charge in [0, 0.05) is 23.5 Å². The number of aromatic hydroxyl groups is 1. The van der Waals surface area contributed by atoms with Crippen molar-refractivity contribution in [1.29, 1.82) is 0 Å². The highest BCUT2D eigenvalue weighted by atomic mass is 33.1. The summed E-state index contributed by atoms with van der Waals surface area (Å²) in [5.41, 5.74) is -0.542. The highest BCUT2D eigenvalue weighted by Crippen LogP contribution is 2.39. The first-order chi connectivity index (χ1) is 10.1. The van der Waals surface area contributed by atoms with E-state index in [0.717, 1.165) is 36.8 Å². The van der Waals surface area contributed by atoms with Crippen molar-refractivity contribution in [3.05, 3.63) is 28.3 Å². The second kappa shape index (κ2) is 8.38. The molecule has 7 heteroatoms. The van der Waals surface area contributed by atoms with E-state index in [9.17, 15) is 9.59 Å². The number of rotatable bonds is 7. The maximum Gasteiger partial charge on any atom is 0.306 e. The molecule has 0 spiro atoms. The molecule has 0 bridgehead atoms. The fraction of sp³-hybridized carbons (Fsp3) is 0.571. The highest BCUT2D eigenvalue weighted by molar-refractivity contribution is 8.77. The Hall–Kier alpha value is -1.08. The summed E-state index contributed by atoms with van der Waals surface area (Å²) in [6.07, 6.45) is 5.59. The number of ether oxygens (including phenoxy) is 1. The first kappa shape index (κ1) is 16.3. The zero-order valence-electron chi connectivity index (χ0n) is 11.6. The Morgan fingerprint density at radius 3 is 3.05 bits per heavy atom. The van der Waals surface area contributed by atoms with Crippen molar-refractivity contribution < 1.29 is 19.1 Å². The maximum atomic E-state index is 11.6. The summed E-state index contributed by atoms with van der Waals surface area (Å²) in [7, 11) is 3.87. The van der Waals surface area contributed by atoms with E-state index in [1.807, 2.05) is 21.6 Å². The van der Waals surface area contributed by atoms with Crippen LogP contribution in [0.5, 0.6) is 5.75 Å². The third-order valence-corrected chi connectivity index (χ3v) is 6.13. The molecule has 1 unspecified atom stereocenters. The molecule has 116 valence electrons. The summed E-state index contributed by atoms with van der Waals surface area (Å²) >= 11 is 0. The predicted molar refractivity (Wildman–Crippen MR) is 83.4 cm³/mol. The molecule has 1 fully saturated rings. The van der Waals surface area contributed by atoms with E-state index < -0.39 is 11.2 Å². The van der Waals surface area contributed by atoms with E-state index in [1.165, 1.54) is 12.2 Å². The molecule has 2 heterocycles.